The molecule has 2 N–H and O–H groups in total. The number of non-ortho nitro benzene ring substituents is 1. The van der Waals surface area contributed by atoms with E-state index >= 15 is 0 Å². The number of fused-ring (bicyclic) bond motifs is 1. The van der Waals surface area contributed by atoms with E-state index in [1.807, 2.05) is 0 Å². The predicted octanol–water partition coefficient (Wildman–Crippen LogP) is 0.630. The second-order valence-electron chi connectivity index (χ2n) is 4.10. The summed E-state index contributed by atoms with van der Waals surface area (Å²) in [6.45, 7) is -0.261. The van der Waals surface area contributed by atoms with E-state index in [1.54, 1.807) is 12.1 Å². The maximum absolute atomic E-state index is 11.4. The monoisotopic (exact) mass is 291 g/mol. The van der Waals surface area contributed by atoms with Crippen LogP contribution in [-0.2, 0) is 4.79 Å². The molecule has 2 aromatic rings. The molecular formula is C13H13N3O5. The van der Waals surface area contributed by atoms with Crippen molar-refractivity contribution < 1.29 is 19.6 Å². The molecule has 0 saturated heterocycles. The van der Waals surface area contributed by atoms with Gasteiger partial charge < -0.3 is 15.2 Å². The number of nitrogens with zero attached hydrogens (tertiary/aromatic N) is 2. The summed E-state index contributed by atoms with van der Waals surface area (Å²) < 4.78 is 5.36. The highest BCUT2D eigenvalue weighted by Crippen LogP contribution is 2.31. The fraction of sp³-hybridized carbons (Fsp3) is 0.231. The van der Waals surface area contributed by atoms with Crippen LogP contribution >= 0.6 is 0 Å². The van der Waals surface area contributed by atoms with Crippen molar-refractivity contribution in [2.45, 2.75) is 0 Å². The van der Waals surface area contributed by atoms with E-state index in [4.69, 9.17) is 9.84 Å². The van der Waals surface area contributed by atoms with Gasteiger partial charge in [0.05, 0.1) is 11.5 Å². The van der Waals surface area contributed by atoms with Gasteiger partial charge in [0.15, 0.2) is 12.1 Å². The predicted molar refractivity (Wildman–Crippen MR) is 74.0 cm³/mol. The van der Waals surface area contributed by atoms with Gasteiger partial charge in [-0.25, -0.2) is 4.98 Å². The molecule has 0 aliphatic rings. The van der Waals surface area contributed by atoms with Gasteiger partial charge in [0.2, 0.25) is 0 Å². The molecule has 0 saturated carbocycles. The van der Waals surface area contributed by atoms with Crippen LogP contribution < -0.4 is 10.1 Å². The molecular weight excluding hydrogens is 278 g/mol. The number of hydrogen-bond donors (Lipinski definition) is 2. The summed E-state index contributed by atoms with van der Waals surface area (Å²) in [5.74, 6) is -0.0534. The first-order chi connectivity index (χ1) is 10.1. The van der Waals surface area contributed by atoms with Gasteiger partial charge in [-0.2, -0.15) is 0 Å². The number of amides is 1. The van der Waals surface area contributed by atoms with Crippen molar-refractivity contribution >= 4 is 22.5 Å². The van der Waals surface area contributed by atoms with E-state index in [0.717, 1.165) is 0 Å². The zero-order valence-electron chi connectivity index (χ0n) is 11.0. The summed E-state index contributed by atoms with van der Waals surface area (Å²) in [5, 5.41) is 22.4. The number of pyridine rings is 1. The summed E-state index contributed by atoms with van der Waals surface area (Å²) in [6.07, 6.45) is 1.45. The number of nitrogens with one attached hydrogen (secondary N) is 1. The Morgan fingerprint density at radius 1 is 1.43 bits per heavy atom. The molecule has 8 nitrogen and oxygen atoms in total. The SMILES string of the molecule is O=C(COc1ccc([N+](=O)[O-])c2ncccc12)NCCO. The number of aromatic nitrogens is 1. The van der Waals surface area contributed by atoms with Crippen LogP contribution in [0.15, 0.2) is 30.5 Å². The van der Waals surface area contributed by atoms with Gasteiger partial charge in [-0.3, -0.25) is 14.9 Å². The molecule has 0 atom stereocenters. The minimum atomic E-state index is -0.521. The zero-order valence-corrected chi connectivity index (χ0v) is 11.0. The largest absolute Gasteiger partial charge is 0.483 e. The highest BCUT2D eigenvalue weighted by Gasteiger charge is 2.16. The van der Waals surface area contributed by atoms with E-state index in [9.17, 15) is 14.9 Å². The standard InChI is InChI=1S/C13H13N3O5/c17-7-6-14-12(18)8-21-11-4-3-10(16(19)20)13-9(11)2-1-5-15-13/h1-5,17H,6-8H2,(H,14,18). The Morgan fingerprint density at radius 2 is 2.24 bits per heavy atom. The number of benzene rings is 1. The Hall–Kier alpha value is -2.74. The first-order valence-electron chi connectivity index (χ1n) is 6.16. The molecule has 0 aliphatic carbocycles. The van der Waals surface area contributed by atoms with Gasteiger partial charge in [-0.1, -0.05) is 0 Å². The van der Waals surface area contributed by atoms with Crippen molar-refractivity contribution in [1.82, 2.24) is 10.3 Å². The number of hydrogen-bond acceptors (Lipinski definition) is 6. The number of nitro groups is 1. The summed E-state index contributed by atoms with van der Waals surface area (Å²) in [5.41, 5.74) is 0.0819. The minimum absolute atomic E-state index is 0.123. The second-order valence-corrected chi connectivity index (χ2v) is 4.10. The third kappa shape index (κ3) is 3.42. The Labute approximate surface area is 119 Å². The number of aliphatic hydroxyl groups is 1. The van der Waals surface area contributed by atoms with Crippen LogP contribution in [0.4, 0.5) is 5.69 Å². The van der Waals surface area contributed by atoms with Gasteiger partial charge in [-0.05, 0) is 18.2 Å². The Balaban J connectivity index is 2.23. The Bertz CT molecular complexity index is 674. The lowest BCUT2D eigenvalue weighted by molar-refractivity contribution is -0.383. The second kappa shape index (κ2) is 6.62. The number of carbonyl (C=O) groups is 1. The van der Waals surface area contributed by atoms with Crippen molar-refractivity contribution in [2.24, 2.45) is 0 Å². The first-order valence-corrected chi connectivity index (χ1v) is 6.16. The molecule has 21 heavy (non-hydrogen) atoms. The van der Waals surface area contributed by atoms with E-state index < -0.39 is 4.92 Å². The summed E-state index contributed by atoms with van der Waals surface area (Å²) >= 11 is 0. The smallest absolute Gasteiger partial charge is 0.295 e. The summed E-state index contributed by atoms with van der Waals surface area (Å²) in [4.78, 5) is 25.8. The molecule has 0 aliphatic heterocycles. The molecule has 1 aromatic heterocycles. The van der Waals surface area contributed by atoms with Crippen LogP contribution in [-0.4, -0.2) is 40.7 Å². The molecule has 110 valence electrons. The van der Waals surface area contributed by atoms with Crippen LogP contribution in [0.1, 0.15) is 0 Å². The zero-order chi connectivity index (χ0) is 15.2. The van der Waals surface area contributed by atoms with Gasteiger partial charge >= 0.3 is 0 Å². The van der Waals surface area contributed by atoms with Gasteiger partial charge in [0.25, 0.3) is 11.6 Å². The van der Waals surface area contributed by atoms with Crippen LogP contribution in [0.3, 0.4) is 0 Å². The van der Waals surface area contributed by atoms with E-state index in [-0.39, 0.29) is 36.9 Å². The molecule has 0 radical (unpaired) electrons. The van der Waals surface area contributed by atoms with Crippen molar-refractivity contribution in [3.05, 3.63) is 40.6 Å². The van der Waals surface area contributed by atoms with E-state index in [2.05, 4.69) is 10.3 Å². The summed E-state index contributed by atoms with van der Waals surface area (Å²) in [7, 11) is 0. The van der Waals surface area contributed by atoms with E-state index in [0.29, 0.717) is 11.1 Å². The van der Waals surface area contributed by atoms with Crippen molar-refractivity contribution in [1.29, 1.82) is 0 Å². The summed E-state index contributed by atoms with van der Waals surface area (Å²) in [6, 6.07) is 5.98. The number of nitro benzene ring substituents is 1. The van der Waals surface area contributed by atoms with Crippen LogP contribution in [0.2, 0.25) is 0 Å². The third-order valence-corrected chi connectivity index (χ3v) is 2.70. The van der Waals surface area contributed by atoms with Crippen LogP contribution in [0, 0.1) is 10.1 Å². The Morgan fingerprint density at radius 3 is 2.95 bits per heavy atom. The number of rotatable bonds is 6. The average Bonchev–Trinajstić information content (AvgIpc) is 2.50. The van der Waals surface area contributed by atoms with E-state index in [1.165, 1.54) is 18.3 Å². The lowest BCUT2D eigenvalue weighted by Gasteiger charge is -2.09. The van der Waals surface area contributed by atoms with Crippen LogP contribution in [0.25, 0.3) is 10.9 Å². The van der Waals surface area contributed by atoms with Crippen molar-refractivity contribution in [3.63, 3.8) is 0 Å². The van der Waals surface area contributed by atoms with Crippen LogP contribution in [0.5, 0.6) is 5.75 Å². The van der Waals surface area contributed by atoms with Gasteiger partial charge in [0.1, 0.15) is 5.75 Å². The molecule has 0 unspecified atom stereocenters. The van der Waals surface area contributed by atoms with Gasteiger partial charge in [-0.15, -0.1) is 0 Å². The Kier molecular flexibility index (Phi) is 4.62. The quantitative estimate of drug-likeness (QED) is 0.596. The molecule has 1 aromatic carbocycles. The maximum Gasteiger partial charge on any atom is 0.295 e. The number of aliphatic hydroxyl groups excluding tert-OH is 1. The lowest BCUT2D eigenvalue weighted by Crippen LogP contribution is -2.31. The molecule has 1 amide bonds. The molecule has 0 bridgehead atoms. The van der Waals surface area contributed by atoms with Gasteiger partial charge in [0, 0.05) is 24.2 Å². The highest BCUT2D eigenvalue weighted by atomic mass is 16.6. The third-order valence-electron chi connectivity index (χ3n) is 2.70. The van der Waals surface area contributed by atoms with Crippen molar-refractivity contribution in [3.8, 4) is 5.75 Å². The molecule has 8 heteroatoms. The lowest BCUT2D eigenvalue weighted by atomic mass is 10.1. The molecule has 2 rings (SSSR count). The molecule has 0 fully saturated rings. The molecule has 0 spiro atoms. The topological polar surface area (TPSA) is 115 Å². The minimum Gasteiger partial charge on any atom is -0.483 e. The first kappa shape index (κ1) is 14.7. The fourth-order valence-electron chi connectivity index (χ4n) is 1.79. The van der Waals surface area contributed by atoms with Crippen molar-refractivity contribution in [2.75, 3.05) is 19.8 Å². The number of ether oxygens (including phenoxy) is 1. The normalized spacial score (nSPS) is 10.3. The highest BCUT2D eigenvalue weighted by molar-refractivity contribution is 5.92. The molecule has 1 heterocycles. The number of carbonyl (C=O) groups excluding carboxylic acids is 1. The average molecular weight is 291 g/mol. The maximum atomic E-state index is 11.4. The fourth-order valence-corrected chi connectivity index (χ4v) is 1.79.